The van der Waals surface area contributed by atoms with E-state index in [0.717, 1.165) is 5.56 Å². The Labute approximate surface area is 142 Å². The molecule has 7 nitrogen and oxygen atoms in total. The summed E-state index contributed by atoms with van der Waals surface area (Å²) in [6.07, 6.45) is 1.73. The highest BCUT2D eigenvalue weighted by atomic mass is 19.1. The monoisotopic (exact) mass is 339 g/mol. The van der Waals surface area contributed by atoms with Crippen molar-refractivity contribution in [1.82, 2.24) is 9.38 Å². The van der Waals surface area contributed by atoms with Crippen molar-refractivity contribution >= 4 is 11.6 Å². The van der Waals surface area contributed by atoms with E-state index < -0.39 is 5.97 Å². The first-order valence-electron chi connectivity index (χ1n) is 7.59. The molecule has 0 bridgehead atoms. The van der Waals surface area contributed by atoms with Crippen molar-refractivity contribution in [2.45, 2.75) is 13.5 Å². The van der Waals surface area contributed by atoms with Gasteiger partial charge in [-0.25, -0.2) is 14.2 Å². The topological polar surface area (TPSA) is 92.4 Å². The lowest BCUT2D eigenvalue weighted by Crippen LogP contribution is -2.07. The number of pyridine rings is 1. The minimum Gasteiger partial charge on any atom is -0.461 e. The molecule has 2 aromatic heterocycles. The van der Waals surface area contributed by atoms with Crippen LogP contribution < -0.4 is 0 Å². The van der Waals surface area contributed by atoms with Gasteiger partial charge in [0.25, 0.3) is 0 Å². The minimum absolute atomic E-state index is 0.148. The molecular formula is C17H14FN5O2. The molecular weight excluding hydrogens is 325 g/mol. The van der Waals surface area contributed by atoms with Gasteiger partial charge in [-0.15, -0.1) is 0 Å². The number of azide groups is 1. The molecule has 0 spiro atoms. The molecule has 0 aliphatic rings. The Morgan fingerprint density at radius 1 is 1.36 bits per heavy atom. The third-order valence-corrected chi connectivity index (χ3v) is 3.59. The van der Waals surface area contributed by atoms with Crippen LogP contribution in [0.4, 0.5) is 4.39 Å². The fraction of sp³-hybridized carbons (Fsp3) is 0.176. The minimum atomic E-state index is -0.554. The Kier molecular flexibility index (Phi) is 4.63. The largest absolute Gasteiger partial charge is 0.461 e. The summed E-state index contributed by atoms with van der Waals surface area (Å²) in [7, 11) is 0. The number of benzene rings is 1. The Morgan fingerprint density at radius 3 is 2.80 bits per heavy atom. The smallest absolute Gasteiger partial charge is 0.359 e. The fourth-order valence-corrected chi connectivity index (χ4v) is 2.52. The molecule has 2 heterocycles. The van der Waals surface area contributed by atoms with Crippen LogP contribution in [0.5, 0.6) is 0 Å². The first kappa shape index (κ1) is 16.5. The van der Waals surface area contributed by atoms with Crippen LogP contribution in [0.3, 0.4) is 0 Å². The lowest BCUT2D eigenvalue weighted by Gasteiger charge is -2.06. The van der Waals surface area contributed by atoms with E-state index in [1.807, 2.05) is 0 Å². The molecule has 0 N–H and O–H groups in total. The zero-order valence-electron chi connectivity index (χ0n) is 13.4. The van der Waals surface area contributed by atoms with Crippen LogP contribution in [0, 0.1) is 5.82 Å². The summed E-state index contributed by atoms with van der Waals surface area (Å²) in [5.41, 5.74) is 11.0. The van der Waals surface area contributed by atoms with Gasteiger partial charge in [0.05, 0.1) is 18.8 Å². The maximum Gasteiger partial charge on any atom is 0.359 e. The number of rotatable bonds is 5. The van der Waals surface area contributed by atoms with E-state index in [1.165, 1.54) is 12.1 Å². The standard InChI is InChI=1S/C17H14FN5O2/c1-2-25-17(24)15-16(12-3-5-13(18)6-4-12)23-8-7-11(10-20-22-19)9-14(23)21-15/h3-9H,2,10H2,1H3. The van der Waals surface area contributed by atoms with Crippen LogP contribution in [-0.4, -0.2) is 22.0 Å². The summed E-state index contributed by atoms with van der Waals surface area (Å²) >= 11 is 0. The van der Waals surface area contributed by atoms with Gasteiger partial charge in [-0.1, -0.05) is 5.11 Å². The molecule has 0 fully saturated rings. The Bertz CT molecular complexity index is 975. The second-order valence-corrected chi connectivity index (χ2v) is 5.19. The van der Waals surface area contributed by atoms with Crippen molar-refractivity contribution in [1.29, 1.82) is 0 Å². The van der Waals surface area contributed by atoms with Crippen LogP contribution >= 0.6 is 0 Å². The number of aromatic nitrogens is 2. The van der Waals surface area contributed by atoms with Crippen molar-refractivity contribution in [3.05, 3.63) is 70.1 Å². The molecule has 0 atom stereocenters. The molecule has 0 unspecified atom stereocenters. The van der Waals surface area contributed by atoms with Gasteiger partial charge >= 0.3 is 5.97 Å². The Balaban J connectivity index is 2.19. The highest BCUT2D eigenvalue weighted by Crippen LogP contribution is 2.27. The summed E-state index contributed by atoms with van der Waals surface area (Å²) in [6, 6.07) is 9.29. The second-order valence-electron chi connectivity index (χ2n) is 5.19. The quantitative estimate of drug-likeness (QED) is 0.303. The van der Waals surface area contributed by atoms with Crippen LogP contribution in [0.1, 0.15) is 23.0 Å². The predicted molar refractivity (Wildman–Crippen MR) is 89.4 cm³/mol. The summed E-state index contributed by atoms with van der Waals surface area (Å²) in [4.78, 5) is 19.4. The van der Waals surface area contributed by atoms with Crippen molar-refractivity contribution in [3.63, 3.8) is 0 Å². The Morgan fingerprint density at radius 2 is 2.12 bits per heavy atom. The van der Waals surface area contributed by atoms with Gasteiger partial charge in [0.2, 0.25) is 0 Å². The highest BCUT2D eigenvalue weighted by Gasteiger charge is 2.21. The van der Waals surface area contributed by atoms with E-state index in [1.54, 1.807) is 41.8 Å². The molecule has 1 aromatic carbocycles. The number of imidazole rings is 1. The number of hydrogen-bond acceptors (Lipinski definition) is 4. The third-order valence-electron chi connectivity index (χ3n) is 3.59. The molecule has 0 aliphatic heterocycles. The fourth-order valence-electron chi connectivity index (χ4n) is 2.52. The van der Waals surface area contributed by atoms with Crippen LogP contribution in [0.2, 0.25) is 0 Å². The number of hydrogen-bond donors (Lipinski definition) is 0. The predicted octanol–water partition coefficient (Wildman–Crippen LogP) is 4.13. The van der Waals surface area contributed by atoms with Crippen molar-refractivity contribution in [3.8, 4) is 11.3 Å². The van der Waals surface area contributed by atoms with E-state index in [-0.39, 0.29) is 24.7 Å². The maximum atomic E-state index is 13.2. The van der Waals surface area contributed by atoms with Gasteiger partial charge in [0, 0.05) is 16.7 Å². The van der Waals surface area contributed by atoms with E-state index in [0.29, 0.717) is 16.9 Å². The van der Waals surface area contributed by atoms with E-state index in [9.17, 15) is 9.18 Å². The zero-order valence-corrected chi connectivity index (χ0v) is 13.4. The summed E-state index contributed by atoms with van der Waals surface area (Å²) in [5.74, 6) is -0.922. The van der Waals surface area contributed by atoms with Gasteiger partial charge < -0.3 is 4.74 Å². The summed E-state index contributed by atoms with van der Waals surface area (Å²) in [5, 5.41) is 3.52. The molecule has 0 aliphatic carbocycles. The highest BCUT2D eigenvalue weighted by molar-refractivity contribution is 5.95. The number of halogens is 1. The number of carbonyl (C=O) groups excluding carboxylic acids is 1. The summed E-state index contributed by atoms with van der Waals surface area (Å²) in [6.45, 7) is 2.11. The second kappa shape index (κ2) is 7.02. The molecule has 0 saturated heterocycles. The van der Waals surface area contributed by atoms with Crippen LogP contribution in [0.25, 0.3) is 27.3 Å². The van der Waals surface area contributed by atoms with Gasteiger partial charge in [-0.05, 0) is 54.4 Å². The molecule has 126 valence electrons. The van der Waals surface area contributed by atoms with Gasteiger partial charge in [0.1, 0.15) is 11.5 Å². The number of esters is 1. The van der Waals surface area contributed by atoms with Gasteiger partial charge in [0.15, 0.2) is 5.69 Å². The summed E-state index contributed by atoms with van der Waals surface area (Å²) < 4.78 is 20.0. The van der Waals surface area contributed by atoms with Crippen LogP contribution in [-0.2, 0) is 11.3 Å². The normalized spacial score (nSPS) is 10.5. The van der Waals surface area contributed by atoms with Gasteiger partial charge in [-0.3, -0.25) is 4.40 Å². The number of ether oxygens (including phenoxy) is 1. The molecule has 0 radical (unpaired) electrons. The van der Waals surface area contributed by atoms with Gasteiger partial charge in [-0.2, -0.15) is 0 Å². The maximum absolute atomic E-state index is 13.2. The number of nitrogens with zero attached hydrogens (tertiary/aromatic N) is 5. The molecule has 3 aromatic rings. The lowest BCUT2D eigenvalue weighted by molar-refractivity contribution is 0.0521. The number of carbonyl (C=O) groups is 1. The average Bonchev–Trinajstić information content (AvgIpc) is 2.99. The van der Waals surface area contributed by atoms with Crippen molar-refractivity contribution in [2.24, 2.45) is 5.11 Å². The zero-order chi connectivity index (χ0) is 17.8. The molecule has 25 heavy (non-hydrogen) atoms. The SMILES string of the molecule is CCOC(=O)c1nc2cc(CN=[N+]=[N-])ccn2c1-c1ccc(F)cc1. The first-order chi connectivity index (χ1) is 12.1. The van der Waals surface area contributed by atoms with E-state index in [2.05, 4.69) is 15.0 Å². The van der Waals surface area contributed by atoms with Crippen molar-refractivity contribution < 1.29 is 13.9 Å². The molecule has 3 rings (SSSR count). The molecule has 0 saturated carbocycles. The van der Waals surface area contributed by atoms with Crippen molar-refractivity contribution in [2.75, 3.05) is 6.61 Å². The first-order valence-corrected chi connectivity index (χ1v) is 7.59. The molecule has 8 heteroatoms. The third kappa shape index (κ3) is 3.29. The average molecular weight is 339 g/mol. The van der Waals surface area contributed by atoms with E-state index >= 15 is 0 Å². The molecule has 0 amide bonds. The Hall–Kier alpha value is -3.38. The van der Waals surface area contributed by atoms with Crippen LogP contribution in [0.15, 0.2) is 47.7 Å². The number of fused-ring (bicyclic) bond motifs is 1. The lowest BCUT2D eigenvalue weighted by atomic mass is 10.1. The van der Waals surface area contributed by atoms with E-state index in [4.69, 9.17) is 10.3 Å².